The lowest BCUT2D eigenvalue weighted by Gasteiger charge is -2.34. The molecule has 0 saturated carbocycles. The van der Waals surface area contributed by atoms with Gasteiger partial charge in [0.05, 0.1) is 5.92 Å². The number of carbonyl (C=O) groups excluding carboxylic acids is 3. The van der Waals surface area contributed by atoms with E-state index in [0.717, 1.165) is 25.9 Å². The molecule has 6 heteroatoms. The molecule has 1 aromatic carbocycles. The number of piperidine rings is 1. The monoisotopic (exact) mass is 359 g/mol. The second kappa shape index (κ2) is 9.36. The third-order valence-corrected chi connectivity index (χ3v) is 4.88. The SMILES string of the molecule is CCC(=O)NC(=O)NC[C@H](C)C(=O)N1CCC(c2cccc(C)c2)CC1. The van der Waals surface area contributed by atoms with Crippen LogP contribution in [0.1, 0.15) is 50.2 Å². The van der Waals surface area contributed by atoms with E-state index in [1.165, 1.54) is 11.1 Å². The zero-order valence-corrected chi connectivity index (χ0v) is 15.9. The van der Waals surface area contributed by atoms with Gasteiger partial charge in [0.1, 0.15) is 0 Å². The fourth-order valence-electron chi connectivity index (χ4n) is 3.26. The third kappa shape index (κ3) is 5.58. The fraction of sp³-hybridized carbons (Fsp3) is 0.550. The van der Waals surface area contributed by atoms with E-state index < -0.39 is 6.03 Å². The minimum absolute atomic E-state index is 0.0508. The number of likely N-dealkylation sites (tertiary alicyclic amines) is 1. The van der Waals surface area contributed by atoms with Crippen LogP contribution in [0.4, 0.5) is 4.79 Å². The standard InChI is InChI=1S/C20H29N3O3/c1-4-18(24)22-20(26)21-13-15(3)19(25)23-10-8-16(9-11-23)17-7-5-6-14(2)12-17/h5-7,12,15-16H,4,8-11,13H2,1-3H3,(H2,21,22,24,26)/t15-/m0/s1. The number of hydrogen-bond acceptors (Lipinski definition) is 3. The Morgan fingerprint density at radius 3 is 2.54 bits per heavy atom. The first kappa shape index (κ1) is 19.9. The van der Waals surface area contributed by atoms with Gasteiger partial charge in [-0.2, -0.15) is 0 Å². The maximum atomic E-state index is 12.6. The van der Waals surface area contributed by atoms with E-state index in [2.05, 4.69) is 41.8 Å². The molecule has 0 aliphatic carbocycles. The minimum Gasteiger partial charge on any atom is -0.342 e. The number of rotatable bonds is 5. The van der Waals surface area contributed by atoms with Gasteiger partial charge in [-0.25, -0.2) is 4.79 Å². The van der Waals surface area contributed by atoms with Gasteiger partial charge in [0.2, 0.25) is 11.8 Å². The van der Waals surface area contributed by atoms with Crippen LogP contribution in [0.3, 0.4) is 0 Å². The van der Waals surface area contributed by atoms with Crippen molar-refractivity contribution < 1.29 is 14.4 Å². The first-order valence-corrected chi connectivity index (χ1v) is 9.33. The first-order chi connectivity index (χ1) is 12.4. The van der Waals surface area contributed by atoms with Crippen molar-refractivity contribution in [2.75, 3.05) is 19.6 Å². The molecule has 0 radical (unpaired) electrons. The summed E-state index contributed by atoms with van der Waals surface area (Å²) in [5.41, 5.74) is 2.62. The zero-order valence-electron chi connectivity index (χ0n) is 15.9. The molecular formula is C20H29N3O3. The number of urea groups is 1. The number of hydrogen-bond donors (Lipinski definition) is 2. The van der Waals surface area contributed by atoms with Crippen molar-refractivity contribution in [2.24, 2.45) is 5.92 Å². The van der Waals surface area contributed by atoms with E-state index in [1.54, 1.807) is 13.8 Å². The van der Waals surface area contributed by atoms with Crippen LogP contribution in [0, 0.1) is 12.8 Å². The molecule has 142 valence electrons. The van der Waals surface area contributed by atoms with E-state index in [1.807, 2.05) is 4.90 Å². The van der Waals surface area contributed by atoms with Gasteiger partial charge in [0, 0.05) is 26.1 Å². The Morgan fingerprint density at radius 1 is 1.23 bits per heavy atom. The van der Waals surface area contributed by atoms with Crippen molar-refractivity contribution >= 4 is 17.8 Å². The molecule has 6 nitrogen and oxygen atoms in total. The highest BCUT2D eigenvalue weighted by atomic mass is 16.2. The molecule has 2 rings (SSSR count). The predicted molar refractivity (Wildman–Crippen MR) is 101 cm³/mol. The topological polar surface area (TPSA) is 78.5 Å². The molecule has 2 N–H and O–H groups in total. The molecule has 1 aliphatic rings. The van der Waals surface area contributed by atoms with Crippen LogP contribution >= 0.6 is 0 Å². The van der Waals surface area contributed by atoms with Crippen LogP contribution in [0.2, 0.25) is 0 Å². The number of imide groups is 1. The quantitative estimate of drug-likeness (QED) is 0.848. The van der Waals surface area contributed by atoms with Crippen LogP contribution in [0.15, 0.2) is 24.3 Å². The maximum absolute atomic E-state index is 12.6. The number of carbonyl (C=O) groups is 3. The summed E-state index contributed by atoms with van der Waals surface area (Å²) < 4.78 is 0. The van der Waals surface area contributed by atoms with E-state index in [9.17, 15) is 14.4 Å². The molecule has 0 spiro atoms. The average molecular weight is 359 g/mol. The number of aryl methyl sites for hydroxylation is 1. The Balaban J connectivity index is 1.78. The van der Waals surface area contributed by atoms with Gasteiger partial charge in [-0.15, -0.1) is 0 Å². The lowest BCUT2D eigenvalue weighted by Crippen LogP contribution is -2.46. The molecular weight excluding hydrogens is 330 g/mol. The van der Waals surface area contributed by atoms with Crippen LogP contribution < -0.4 is 10.6 Å². The van der Waals surface area contributed by atoms with Crippen LogP contribution in [0.5, 0.6) is 0 Å². The summed E-state index contributed by atoms with van der Waals surface area (Å²) >= 11 is 0. The fourth-order valence-corrected chi connectivity index (χ4v) is 3.26. The maximum Gasteiger partial charge on any atom is 0.321 e. The molecule has 4 amide bonds. The highest BCUT2D eigenvalue weighted by Gasteiger charge is 2.27. The van der Waals surface area contributed by atoms with E-state index in [0.29, 0.717) is 5.92 Å². The second-order valence-electron chi connectivity index (χ2n) is 7.03. The van der Waals surface area contributed by atoms with Crippen molar-refractivity contribution in [3.63, 3.8) is 0 Å². The predicted octanol–water partition coefficient (Wildman–Crippen LogP) is 2.57. The van der Waals surface area contributed by atoms with Gasteiger partial charge in [-0.3, -0.25) is 14.9 Å². The molecule has 1 aliphatic heterocycles. The van der Waals surface area contributed by atoms with Gasteiger partial charge >= 0.3 is 6.03 Å². The van der Waals surface area contributed by atoms with E-state index in [-0.39, 0.29) is 30.7 Å². The van der Waals surface area contributed by atoms with Crippen LogP contribution in [0.25, 0.3) is 0 Å². The smallest absolute Gasteiger partial charge is 0.321 e. The van der Waals surface area contributed by atoms with Gasteiger partial charge < -0.3 is 10.2 Å². The van der Waals surface area contributed by atoms with Crippen LogP contribution in [-0.2, 0) is 9.59 Å². The first-order valence-electron chi connectivity index (χ1n) is 9.33. The molecule has 0 bridgehead atoms. The zero-order chi connectivity index (χ0) is 19.1. The lowest BCUT2D eigenvalue weighted by molar-refractivity contribution is -0.135. The van der Waals surface area contributed by atoms with Crippen molar-refractivity contribution in [1.82, 2.24) is 15.5 Å². The Hall–Kier alpha value is -2.37. The Kier molecular flexibility index (Phi) is 7.18. The lowest BCUT2D eigenvalue weighted by atomic mass is 9.88. The Morgan fingerprint density at radius 2 is 1.92 bits per heavy atom. The molecule has 1 fully saturated rings. The molecule has 0 unspecified atom stereocenters. The number of nitrogens with one attached hydrogen (secondary N) is 2. The summed E-state index contributed by atoms with van der Waals surface area (Å²) in [4.78, 5) is 37.2. The Labute approximate surface area is 155 Å². The minimum atomic E-state index is -0.547. The third-order valence-electron chi connectivity index (χ3n) is 4.88. The molecule has 0 aromatic heterocycles. The van der Waals surface area contributed by atoms with Gasteiger partial charge in [-0.05, 0) is 31.2 Å². The summed E-state index contributed by atoms with van der Waals surface area (Å²) in [5, 5.41) is 4.81. The molecule has 1 saturated heterocycles. The summed E-state index contributed by atoms with van der Waals surface area (Å²) in [7, 11) is 0. The summed E-state index contributed by atoms with van der Waals surface area (Å²) in [6.45, 7) is 7.27. The highest BCUT2D eigenvalue weighted by molar-refractivity contribution is 5.94. The molecule has 1 atom stereocenters. The van der Waals surface area contributed by atoms with Gasteiger partial charge in [0.15, 0.2) is 0 Å². The number of amides is 4. The summed E-state index contributed by atoms with van der Waals surface area (Å²) in [5.74, 6) is -0.0966. The molecule has 1 heterocycles. The Bertz CT molecular complexity index is 651. The molecule has 1 aromatic rings. The highest BCUT2D eigenvalue weighted by Crippen LogP contribution is 2.29. The second-order valence-corrected chi connectivity index (χ2v) is 7.03. The van der Waals surface area contributed by atoms with Crippen molar-refractivity contribution in [3.8, 4) is 0 Å². The van der Waals surface area contributed by atoms with Gasteiger partial charge in [0.25, 0.3) is 0 Å². The molecule has 26 heavy (non-hydrogen) atoms. The van der Waals surface area contributed by atoms with E-state index >= 15 is 0 Å². The summed E-state index contributed by atoms with van der Waals surface area (Å²) in [6.07, 6.45) is 2.17. The normalized spacial score (nSPS) is 16.0. The van der Waals surface area contributed by atoms with Crippen molar-refractivity contribution in [2.45, 2.75) is 46.0 Å². The van der Waals surface area contributed by atoms with Crippen LogP contribution in [-0.4, -0.2) is 42.4 Å². The summed E-state index contributed by atoms with van der Waals surface area (Å²) in [6, 6.07) is 8.03. The number of benzene rings is 1. The van der Waals surface area contributed by atoms with Crippen molar-refractivity contribution in [1.29, 1.82) is 0 Å². The van der Waals surface area contributed by atoms with E-state index in [4.69, 9.17) is 0 Å². The largest absolute Gasteiger partial charge is 0.342 e. The van der Waals surface area contributed by atoms with Gasteiger partial charge in [-0.1, -0.05) is 43.7 Å². The average Bonchev–Trinajstić information content (AvgIpc) is 2.65. The van der Waals surface area contributed by atoms with Crippen molar-refractivity contribution in [3.05, 3.63) is 35.4 Å². The number of nitrogens with zero attached hydrogens (tertiary/aromatic N) is 1.